The number of hydrogen-bond donors (Lipinski definition) is 1. The topological polar surface area (TPSA) is 32.6 Å². The number of oxime groups is 1. The maximum atomic E-state index is 8.63. The summed E-state index contributed by atoms with van der Waals surface area (Å²) in [5, 5.41) is 11.9. The third-order valence-corrected chi connectivity index (χ3v) is 2.31. The average Bonchev–Trinajstić information content (AvgIpc) is 1.83. The number of rotatable bonds is 0. The molecule has 1 N–H and O–H groups in total. The van der Waals surface area contributed by atoms with E-state index in [4.69, 9.17) is 5.21 Å². The van der Waals surface area contributed by atoms with Gasteiger partial charge in [0.1, 0.15) is 0 Å². The molecule has 0 aromatic carbocycles. The number of hydrogen-bond acceptors (Lipinski definition) is 2. The fourth-order valence-electron chi connectivity index (χ4n) is 2.19. The third-order valence-electron chi connectivity index (χ3n) is 2.31. The summed E-state index contributed by atoms with van der Waals surface area (Å²) in [6, 6.07) is 0. The van der Waals surface area contributed by atoms with E-state index in [1.807, 2.05) is 0 Å². The molecule has 3 heteroatoms. The SMILES string of the molecule is CC1C/C(=N/O)CC(C)(C)C1.[Na+]. The van der Waals surface area contributed by atoms with Crippen molar-refractivity contribution in [2.75, 3.05) is 0 Å². The van der Waals surface area contributed by atoms with Crippen LogP contribution in [0.2, 0.25) is 0 Å². The average molecular weight is 178 g/mol. The summed E-state index contributed by atoms with van der Waals surface area (Å²) in [6.45, 7) is 6.67. The minimum Gasteiger partial charge on any atom is -0.411 e. The zero-order chi connectivity index (χ0) is 8.48. The molecule has 1 atom stereocenters. The van der Waals surface area contributed by atoms with Crippen LogP contribution in [0.15, 0.2) is 5.16 Å². The molecule has 1 rings (SSSR count). The van der Waals surface area contributed by atoms with Gasteiger partial charge < -0.3 is 5.21 Å². The van der Waals surface area contributed by atoms with E-state index < -0.39 is 0 Å². The van der Waals surface area contributed by atoms with Gasteiger partial charge in [-0.3, -0.25) is 0 Å². The Morgan fingerprint density at radius 2 is 2.08 bits per heavy atom. The van der Waals surface area contributed by atoms with Crippen molar-refractivity contribution < 1.29 is 34.8 Å². The van der Waals surface area contributed by atoms with Gasteiger partial charge in [0.05, 0.1) is 5.71 Å². The van der Waals surface area contributed by atoms with Crippen molar-refractivity contribution in [2.45, 2.75) is 40.0 Å². The van der Waals surface area contributed by atoms with E-state index in [0.29, 0.717) is 11.3 Å². The zero-order valence-corrected chi connectivity index (χ0v) is 10.6. The van der Waals surface area contributed by atoms with Crippen LogP contribution < -0.4 is 29.6 Å². The van der Waals surface area contributed by atoms with Gasteiger partial charge in [0.2, 0.25) is 0 Å². The molecule has 12 heavy (non-hydrogen) atoms. The van der Waals surface area contributed by atoms with Crippen LogP contribution in [0.5, 0.6) is 0 Å². The standard InChI is InChI=1S/C9H17NO.Na/c1-7-4-8(10-11)6-9(2,3)5-7;/h7,11H,4-6H2,1-3H3;/q;+1/b10-8-;. The first-order valence-electron chi connectivity index (χ1n) is 4.23. The van der Waals surface area contributed by atoms with Gasteiger partial charge in [0.25, 0.3) is 0 Å². The molecule has 0 amide bonds. The Bertz CT molecular complexity index is 177. The summed E-state index contributed by atoms with van der Waals surface area (Å²) in [7, 11) is 0. The molecule has 0 radical (unpaired) electrons. The maximum Gasteiger partial charge on any atom is 1.00 e. The van der Waals surface area contributed by atoms with Crippen molar-refractivity contribution in [3.05, 3.63) is 0 Å². The molecular formula is C9H17NNaO+. The van der Waals surface area contributed by atoms with Crippen molar-refractivity contribution >= 4 is 5.71 Å². The fraction of sp³-hybridized carbons (Fsp3) is 0.889. The molecule has 0 aromatic rings. The maximum absolute atomic E-state index is 8.63. The van der Waals surface area contributed by atoms with E-state index in [1.54, 1.807) is 0 Å². The Labute approximate surface area is 96.7 Å². The Balaban J connectivity index is 0.00000121. The molecule has 0 spiro atoms. The first-order valence-corrected chi connectivity index (χ1v) is 4.23. The minimum atomic E-state index is 0. The molecule has 1 unspecified atom stereocenters. The first kappa shape index (κ1) is 12.5. The van der Waals surface area contributed by atoms with Crippen LogP contribution in [0, 0.1) is 11.3 Å². The molecule has 1 aliphatic carbocycles. The van der Waals surface area contributed by atoms with Crippen LogP contribution in [0.4, 0.5) is 0 Å². The van der Waals surface area contributed by atoms with Gasteiger partial charge in [0, 0.05) is 0 Å². The predicted octanol–water partition coefficient (Wildman–Crippen LogP) is -0.333. The van der Waals surface area contributed by atoms with Crippen molar-refractivity contribution in [2.24, 2.45) is 16.5 Å². The van der Waals surface area contributed by atoms with Crippen LogP contribution >= 0.6 is 0 Å². The molecular weight excluding hydrogens is 161 g/mol. The quantitative estimate of drug-likeness (QED) is 0.307. The van der Waals surface area contributed by atoms with Crippen molar-refractivity contribution in [3.8, 4) is 0 Å². The first-order chi connectivity index (χ1) is 5.03. The largest absolute Gasteiger partial charge is 1.00 e. The van der Waals surface area contributed by atoms with E-state index >= 15 is 0 Å². The van der Waals surface area contributed by atoms with Crippen LogP contribution in [0.3, 0.4) is 0 Å². The van der Waals surface area contributed by atoms with Crippen molar-refractivity contribution in [3.63, 3.8) is 0 Å². The molecule has 0 saturated heterocycles. The van der Waals surface area contributed by atoms with Gasteiger partial charge in [0.15, 0.2) is 0 Å². The Hall–Kier alpha value is 0.470. The molecule has 64 valence electrons. The summed E-state index contributed by atoms with van der Waals surface area (Å²) in [5.74, 6) is 0.671. The zero-order valence-electron chi connectivity index (χ0n) is 8.59. The fourth-order valence-corrected chi connectivity index (χ4v) is 2.19. The molecule has 1 aliphatic rings. The van der Waals surface area contributed by atoms with Gasteiger partial charge in [-0.15, -0.1) is 0 Å². The van der Waals surface area contributed by atoms with E-state index in [0.717, 1.165) is 18.6 Å². The summed E-state index contributed by atoms with van der Waals surface area (Å²) in [6.07, 6.45) is 3.17. The normalized spacial score (nSPS) is 31.2. The molecule has 2 nitrogen and oxygen atoms in total. The van der Waals surface area contributed by atoms with Crippen LogP contribution in [0.1, 0.15) is 40.0 Å². The van der Waals surface area contributed by atoms with E-state index in [2.05, 4.69) is 25.9 Å². The summed E-state index contributed by atoms with van der Waals surface area (Å²) in [5.41, 5.74) is 1.30. The Kier molecular flexibility index (Phi) is 4.82. The van der Waals surface area contributed by atoms with Gasteiger partial charge in [-0.25, -0.2) is 0 Å². The van der Waals surface area contributed by atoms with Crippen molar-refractivity contribution in [1.82, 2.24) is 0 Å². The monoisotopic (exact) mass is 178 g/mol. The second kappa shape index (κ2) is 4.64. The molecule has 0 aliphatic heterocycles. The van der Waals surface area contributed by atoms with E-state index in [1.165, 1.54) is 6.42 Å². The van der Waals surface area contributed by atoms with Crippen LogP contribution in [-0.2, 0) is 0 Å². The number of nitrogens with zero attached hydrogens (tertiary/aromatic N) is 1. The Morgan fingerprint density at radius 1 is 1.50 bits per heavy atom. The summed E-state index contributed by atoms with van der Waals surface area (Å²) in [4.78, 5) is 0. The van der Waals surface area contributed by atoms with E-state index in [-0.39, 0.29) is 29.6 Å². The van der Waals surface area contributed by atoms with Gasteiger partial charge in [-0.05, 0) is 30.6 Å². The molecule has 0 aromatic heterocycles. The Morgan fingerprint density at radius 3 is 2.50 bits per heavy atom. The molecule has 0 bridgehead atoms. The van der Waals surface area contributed by atoms with Crippen LogP contribution in [0.25, 0.3) is 0 Å². The van der Waals surface area contributed by atoms with Crippen LogP contribution in [-0.4, -0.2) is 10.9 Å². The molecule has 1 fully saturated rings. The van der Waals surface area contributed by atoms with E-state index in [9.17, 15) is 0 Å². The van der Waals surface area contributed by atoms with Gasteiger partial charge >= 0.3 is 29.6 Å². The summed E-state index contributed by atoms with van der Waals surface area (Å²) < 4.78 is 0. The smallest absolute Gasteiger partial charge is 0.411 e. The van der Waals surface area contributed by atoms with Crippen molar-refractivity contribution in [1.29, 1.82) is 0 Å². The molecule has 1 saturated carbocycles. The predicted molar refractivity (Wildman–Crippen MR) is 46.0 cm³/mol. The second-order valence-corrected chi connectivity index (χ2v) is 4.52. The molecule has 0 heterocycles. The summed E-state index contributed by atoms with van der Waals surface area (Å²) >= 11 is 0. The minimum absolute atomic E-state index is 0. The second-order valence-electron chi connectivity index (χ2n) is 4.52. The van der Waals surface area contributed by atoms with Gasteiger partial charge in [-0.1, -0.05) is 25.9 Å². The third kappa shape index (κ3) is 3.46. The van der Waals surface area contributed by atoms with Gasteiger partial charge in [-0.2, -0.15) is 0 Å².